The Morgan fingerprint density at radius 3 is 2.06 bits per heavy atom. The fourth-order valence-electron chi connectivity index (χ4n) is 2.64. The molecule has 0 aromatic carbocycles. The molecule has 17 heavy (non-hydrogen) atoms. The van der Waals surface area contributed by atoms with Crippen LogP contribution in [0, 0.1) is 0 Å². The SMILES string of the molecule is CCCCCCCCCC1(C)NCC(C)(C)S1. The first-order valence-electron chi connectivity index (χ1n) is 7.43. The molecular formula is C15H31NS. The van der Waals surface area contributed by atoms with Crippen LogP contribution in [0.2, 0.25) is 0 Å². The van der Waals surface area contributed by atoms with Gasteiger partial charge in [0, 0.05) is 11.3 Å². The van der Waals surface area contributed by atoms with E-state index in [9.17, 15) is 0 Å². The van der Waals surface area contributed by atoms with Crippen LogP contribution in [0.3, 0.4) is 0 Å². The summed E-state index contributed by atoms with van der Waals surface area (Å²) in [6.45, 7) is 10.5. The molecule has 0 aromatic rings. The van der Waals surface area contributed by atoms with E-state index in [1.54, 1.807) is 0 Å². The summed E-state index contributed by atoms with van der Waals surface area (Å²) in [4.78, 5) is 0.340. The monoisotopic (exact) mass is 257 g/mol. The summed E-state index contributed by atoms with van der Waals surface area (Å²) in [6, 6.07) is 0. The third-order valence-corrected chi connectivity index (χ3v) is 5.14. The van der Waals surface area contributed by atoms with E-state index in [0.29, 0.717) is 9.62 Å². The molecule has 2 heteroatoms. The van der Waals surface area contributed by atoms with Gasteiger partial charge < -0.3 is 5.32 Å². The van der Waals surface area contributed by atoms with Crippen LogP contribution in [-0.2, 0) is 0 Å². The largest absolute Gasteiger partial charge is 0.302 e. The third kappa shape index (κ3) is 6.15. The van der Waals surface area contributed by atoms with Crippen molar-refractivity contribution in [2.24, 2.45) is 0 Å². The molecule has 0 radical (unpaired) electrons. The van der Waals surface area contributed by atoms with Crippen LogP contribution in [0.5, 0.6) is 0 Å². The fourth-order valence-corrected chi connectivity index (χ4v) is 4.40. The van der Waals surface area contributed by atoms with Crippen LogP contribution < -0.4 is 5.32 Å². The van der Waals surface area contributed by atoms with E-state index < -0.39 is 0 Å². The van der Waals surface area contributed by atoms with Gasteiger partial charge in [0.05, 0.1) is 4.87 Å². The van der Waals surface area contributed by atoms with Crippen LogP contribution in [0.15, 0.2) is 0 Å². The van der Waals surface area contributed by atoms with Gasteiger partial charge in [0.25, 0.3) is 0 Å². The van der Waals surface area contributed by atoms with Gasteiger partial charge in [0.15, 0.2) is 0 Å². The molecule has 1 saturated heterocycles. The van der Waals surface area contributed by atoms with Crippen molar-refractivity contribution < 1.29 is 0 Å². The van der Waals surface area contributed by atoms with Crippen molar-refractivity contribution in [3.8, 4) is 0 Å². The topological polar surface area (TPSA) is 12.0 Å². The molecule has 0 saturated carbocycles. The zero-order chi connectivity index (χ0) is 12.8. The average molecular weight is 257 g/mol. The summed E-state index contributed by atoms with van der Waals surface area (Å²) >= 11 is 2.13. The number of hydrogen-bond acceptors (Lipinski definition) is 2. The predicted molar refractivity (Wildman–Crippen MR) is 80.7 cm³/mol. The van der Waals surface area contributed by atoms with E-state index in [2.05, 4.69) is 44.8 Å². The lowest BCUT2D eigenvalue weighted by atomic mass is 10.1. The molecule has 0 amide bonds. The molecule has 1 rings (SSSR count). The van der Waals surface area contributed by atoms with Gasteiger partial charge in [0.2, 0.25) is 0 Å². The molecule has 0 aromatic heterocycles. The maximum absolute atomic E-state index is 3.70. The highest BCUT2D eigenvalue weighted by molar-refractivity contribution is 8.02. The second-order valence-electron chi connectivity index (χ2n) is 6.32. The van der Waals surface area contributed by atoms with E-state index in [1.807, 2.05) is 0 Å². The maximum Gasteiger partial charge on any atom is 0.0623 e. The van der Waals surface area contributed by atoms with Crippen molar-refractivity contribution >= 4 is 11.8 Å². The van der Waals surface area contributed by atoms with Crippen molar-refractivity contribution in [1.29, 1.82) is 0 Å². The summed E-state index contributed by atoms with van der Waals surface area (Å²) < 4.78 is 0.426. The lowest BCUT2D eigenvalue weighted by molar-refractivity contribution is 0.456. The van der Waals surface area contributed by atoms with E-state index >= 15 is 0 Å². The maximum atomic E-state index is 3.70. The van der Waals surface area contributed by atoms with Crippen molar-refractivity contribution in [3.63, 3.8) is 0 Å². The minimum atomic E-state index is 0.340. The zero-order valence-corrected chi connectivity index (χ0v) is 13.1. The number of unbranched alkanes of at least 4 members (excludes halogenated alkanes) is 6. The van der Waals surface area contributed by atoms with Gasteiger partial charge in [0.1, 0.15) is 0 Å². The molecule has 1 aliphatic heterocycles. The first-order valence-corrected chi connectivity index (χ1v) is 8.24. The Morgan fingerprint density at radius 2 is 1.53 bits per heavy atom. The third-order valence-electron chi connectivity index (χ3n) is 3.65. The Hall–Kier alpha value is 0.310. The molecule has 0 spiro atoms. The van der Waals surface area contributed by atoms with Gasteiger partial charge >= 0.3 is 0 Å². The standard InChI is InChI=1S/C15H31NS/c1-5-6-7-8-9-10-11-12-15(4)16-13-14(2,3)17-15/h16H,5-13H2,1-4H3. The van der Waals surface area contributed by atoms with Crippen molar-refractivity contribution in [2.75, 3.05) is 6.54 Å². The van der Waals surface area contributed by atoms with Crippen LogP contribution in [0.1, 0.15) is 79.1 Å². The normalized spacial score (nSPS) is 27.5. The summed E-state index contributed by atoms with van der Waals surface area (Å²) in [5.41, 5.74) is 0. The molecule has 1 unspecified atom stereocenters. The van der Waals surface area contributed by atoms with Crippen LogP contribution >= 0.6 is 11.8 Å². The van der Waals surface area contributed by atoms with Crippen molar-refractivity contribution in [1.82, 2.24) is 5.32 Å². The van der Waals surface area contributed by atoms with E-state index in [1.165, 1.54) is 51.4 Å². The predicted octanol–water partition coefficient (Wildman–Crippen LogP) is 4.96. The van der Waals surface area contributed by atoms with Crippen LogP contribution in [0.4, 0.5) is 0 Å². The first-order chi connectivity index (χ1) is 7.97. The lowest BCUT2D eigenvalue weighted by Crippen LogP contribution is -2.33. The number of hydrogen-bond donors (Lipinski definition) is 1. The molecule has 1 fully saturated rings. The Balaban J connectivity index is 2.03. The Morgan fingerprint density at radius 1 is 0.941 bits per heavy atom. The molecule has 0 bridgehead atoms. The molecule has 1 atom stereocenters. The van der Waals surface area contributed by atoms with E-state index in [0.717, 1.165) is 6.54 Å². The quantitative estimate of drug-likeness (QED) is 0.617. The van der Waals surface area contributed by atoms with Crippen LogP contribution in [-0.4, -0.2) is 16.2 Å². The number of rotatable bonds is 8. The highest BCUT2D eigenvalue weighted by Gasteiger charge is 2.39. The second-order valence-corrected chi connectivity index (χ2v) is 8.53. The first kappa shape index (κ1) is 15.4. The molecule has 1 heterocycles. The second kappa shape index (κ2) is 7.04. The number of thioether (sulfide) groups is 1. The Kier molecular flexibility index (Phi) is 6.36. The lowest BCUT2D eigenvalue weighted by Gasteiger charge is -2.25. The van der Waals surface area contributed by atoms with Gasteiger partial charge in [-0.25, -0.2) is 0 Å². The summed E-state index contributed by atoms with van der Waals surface area (Å²) in [7, 11) is 0. The zero-order valence-electron chi connectivity index (χ0n) is 12.3. The average Bonchev–Trinajstić information content (AvgIpc) is 2.52. The van der Waals surface area contributed by atoms with E-state index in [4.69, 9.17) is 0 Å². The smallest absolute Gasteiger partial charge is 0.0623 e. The molecule has 1 aliphatic rings. The van der Waals surface area contributed by atoms with Crippen molar-refractivity contribution in [2.45, 2.75) is 88.7 Å². The minimum Gasteiger partial charge on any atom is -0.302 e. The summed E-state index contributed by atoms with van der Waals surface area (Å²) in [5, 5.41) is 3.70. The molecule has 1 N–H and O–H groups in total. The Bertz CT molecular complexity index is 215. The van der Waals surface area contributed by atoms with Gasteiger partial charge in [-0.05, 0) is 27.2 Å². The van der Waals surface area contributed by atoms with Gasteiger partial charge in [-0.3, -0.25) is 0 Å². The fraction of sp³-hybridized carbons (Fsp3) is 1.00. The highest BCUT2D eigenvalue weighted by Crippen LogP contribution is 2.43. The van der Waals surface area contributed by atoms with Gasteiger partial charge in [-0.2, -0.15) is 0 Å². The van der Waals surface area contributed by atoms with Crippen molar-refractivity contribution in [3.05, 3.63) is 0 Å². The van der Waals surface area contributed by atoms with Gasteiger partial charge in [-0.15, -0.1) is 11.8 Å². The molecular weight excluding hydrogens is 226 g/mol. The van der Waals surface area contributed by atoms with Crippen LogP contribution in [0.25, 0.3) is 0 Å². The minimum absolute atomic E-state index is 0.340. The molecule has 0 aliphatic carbocycles. The summed E-state index contributed by atoms with van der Waals surface area (Å²) in [6.07, 6.45) is 11.2. The molecule has 102 valence electrons. The Labute approximate surface area is 113 Å². The highest BCUT2D eigenvalue weighted by atomic mass is 32.2. The number of nitrogens with one attached hydrogen (secondary N) is 1. The van der Waals surface area contributed by atoms with E-state index in [-0.39, 0.29) is 0 Å². The van der Waals surface area contributed by atoms with Gasteiger partial charge in [-0.1, -0.05) is 51.9 Å². The molecule has 1 nitrogen and oxygen atoms in total. The summed E-state index contributed by atoms with van der Waals surface area (Å²) in [5.74, 6) is 0.